The minimum absolute atomic E-state index is 0.0245. The molecule has 5 amide bonds. The van der Waals surface area contributed by atoms with Crippen LogP contribution in [-0.2, 0) is 9.59 Å². The predicted molar refractivity (Wildman–Crippen MR) is 110 cm³/mol. The van der Waals surface area contributed by atoms with Gasteiger partial charge in [-0.1, -0.05) is 30.3 Å². The molecule has 2 aromatic carbocycles. The monoisotopic (exact) mass is 440 g/mol. The van der Waals surface area contributed by atoms with E-state index in [4.69, 9.17) is 0 Å². The molecule has 10 heteroatoms. The highest BCUT2D eigenvalue weighted by Crippen LogP contribution is 2.40. The second-order valence-electron chi connectivity index (χ2n) is 7.94. The topological polar surface area (TPSA) is 137 Å². The van der Waals surface area contributed by atoms with Crippen LogP contribution in [0.15, 0.2) is 48.5 Å². The highest BCUT2D eigenvalue weighted by molar-refractivity contribution is 6.08. The molecule has 1 saturated heterocycles. The Balaban J connectivity index is 1.40. The van der Waals surface area contributed by atoms with Gasteiger partial charge in [-0.3, -0.25) is 19.7 Å². The van der Waals surface area contributed by atoms with Crippen LogP contribution in [0.4, 0.5) is 9.18 Å². The van der Waals surface area contributed by atoms with Gasteiger partial charge in [-0.15, -0.1) is 0 Å². The van der Waals surface area contributed by atoms with E-state index in [0.29, 0.717) is 0 Å². The summed E-state index contributed by atoms with van der Waals surface area (Å²) in [7, 11) is 0. The lowest BCUT2D eigenvalue weighted by atomic mass is 9.68. The van der Waals surface area contributed by atoms with Crippen molar-refractivity contribution in [3.05, 3.63) is 65.5 Å². The van der Waals surface area contributed by atoms with Gasteiger partial charge in [-0.2, -0.15) is 0 Å². The van der Waals surface area contributed by atoms with Gasteiger partial charge in [0.1, 0.15) is 5.54 Å². The molecule has 4 rings (SSSR count). The van der Waals surface area contributed by atoms with Gasteiger partial charge in [0.05, 0.1) is 6.04 Å². The number of carbonyl (C=O) groups excluding carboxylic acids is 4. The van der Waals surface area contributed by atoms with Crippen molar-refractivity contribution >= 4 is 23.8 Å². The molecule has 0 radical (unpaired) electrons. The van der Waals surface area contributed by atoms with Crippen molar-refractivity contribution in [2.45, 2.75) is 24.4 Å². The van der Waals surface area contributed by atoms with Crippen LogP contribution < -0.4 is 21.3 Å². The first kappa shape index (κ1) is 21.3. The molecule has 0 bridgehead atoms. The Labute approximate surface area is 182 Å². The van der Waals surface area contributed by atoms with E-state index in [2.05, 4.69) is 21.3 Å². The van der Waals surface area contributed by atoms with Gasteiger partial charge in [0.15, 0.2) is 11.6 Å². The van der Waals surface area contributed by atoms with Crippen LogP contribution in [0, 0.1) is 11.7 Å². The van der Waals surface area contributed by atoms with Crippen LogP contribution in [0.1, 0.15) is 34.8 Å². The fourth-order valence-corrected chi connectivity index (χ4v) is 3.96. The molecule has 0 aromatic heterocycles. The molecule has 1 atom stereocenters. The Hall–Kier alpha value is -3.95. The Bertz CT molecular complexity index is 1080. The predicted octanol–water partition coefficient (Wildman–Crippen LogP) is 1.11. The minimum atomic E-state index is -1.02. The van der Waals surface area contributed by atoms with Gasteiger partial charge < -0.3 is 21.1 Å². The third-order valence-corrected chi connectivity index (χ3v) is 5.77. The highest BCUT2D eigenvalue weighted by Gasteiger charge is 2.57. The summed E-state index contributed by atoms with van der Waals surface area (Å²) < 4.78 is 13.6. The summed E-state index contributed by atoms with van der Waals surface area (Å²) in [5.74, 6) is -3.21. The van der Waals surface area contributed by atoms with Gasteiger partial charge in [-0.05, 0) is 36.6 Å². The first-order chi connectivity index (χ1) is 15.3. The van der Waals surface area contributed by atoms with Crippen LogP contribution in [0.25, 0.3) is 0 Å². The number of imide groups is 1. The third-order valence-electron chi connectivity index (χ3n) is 5.77. The molecule has 1 aliphatic carbocycles. The molecule has 1 saturated carbocycles. The second-order valence-corrected chi connectivity index (χ2v) is 7.94. The number of benzene rings is 2. The van der Waals surface area contributed by atoms with E-state index in [-0.39, 0.29) is 30.9 Å². The van der Waals surface area contributed by atoms with Gasteiger partial charge in [0.25, 0.3) is 11.8 Å². The molecule has 2 aliphatic rings. The molecule has 0 unspecified atom stereocenters. The minimum Gasteiger partial charge on any atom is -0.505 e. The number of phenolic OH excluding ortho intramolecular Hbond substituents is 1. The lowest BCUT2D eigenvalue weighted by molar-refractivity contribution is -0.136. The van der Waals surface area contributed by atoms with Crippen LogP contribution >= 0.6 is 0 Å². The van der Waals surface area contributed by atoms with Crippen LogP contribution in [0.5, 0.6) is 5.75 Å². The second kappa shape index (κ2) is 8.29. The average molecular weight is 440 g/mol. The quantitative estimate of drug-likeness (QED) is 0.429. The number of urea groups is 1. The molecule has 32 heavy (non-hydrogen) atoms. The van der Waals surface area contributed by atoms with Crippen molar-refractivity contribution in [1.82, 2.24) is 21.3 Å². The Morgan fingerprint density at radius 1 is 1.16 bits per heavy atom. The first-order valence-electron chi connectivity index (χ1n) is 10.0. The summed E-state index contributed by atoms with van der Waals surface area (Å²) in [6.07, 6.45) is 0.400. The normalized spacial score (nSPS) is 22.5. The maximum absolute atomic E-state index is 13.6. The lowest BCUT2D eigenvalue weighted by Crippen LogP contribution is -2.60. The van der Waals surface area contributed by atoms with Crippen molar-refractivity contribution in [1.29, 1.82) is 0 Å². The number of carbonyl (C=O) groups is 4. The van der Waals surface area contributed by atoms with Gasteiger partial charge in [0, 0.05) is 18.0 Å². The van der Waals surface area contributed by atoms with Crippen molar-refractivity contribution in [3.63, 3.8) is 0 Å². The third kappa shape index (κ3) is 4.11. The number of aromatic hydroxyl groups is 1. The number of hydrogen-bond donors (Lipinski definition) is 5. The maximum Gasteiger partial charge on any atom is 0.322 e. The van der Waals surface area contributed by atoms with E-state index in [1.165, 1.54) is 6.07 Å². The first-order valence-corrected chi connectivity index (χ1v) is 10.0. The van der Waals surface area contributed by atoms with Crippen LogP contribution in [-0.4, -0.2) is 40.9 Å². The van der Waals surface area contributed by atoms with E-state index in [1.54, 1.807) is 24.3 Å². The average Bonchev–Trinajstić information content (AvgIpc) is 3.06. The SMILES string of the molecule is O=C1NC(=O)C2(CC(C(=O)NC[C@@H](NC(=O)c3ccc(O)c(F)c3)c3ccccc3)C2)N1. The maximum atomic E-state index is 13.6. The summed E-state index contributed by atoms with van der Waals surface area (Å²) >= 11 is 0. The number of halogens is 1. The Morgan fingerprint density at radius 3 is 2.50 bits per heavy atom. The van der Waals surface area contributed by atoms with Crippen molar-refractivity contribution < 1.29 is 28.7 Å². The molecule has 1 aliphatic heterocycles. The lowest BCUT2D eigenvalue weighted by Gasteiger charge is -2.41. The van der Waals surface area contributed by atoms with E-state index in [1.807, 2.05) is 6.07 Å². The summed E-state index contributed by atoms with van der Waals surface area (Å²) in [5.41, 5.74) is -0.265. The number of amides is 5. The molecular formula is C22H21FN4O5. The summed E-state index contributed by atoms with van der Waals surface area (Å²) in [4.78, 5) is 48.4. The van der Waals surface area contributed by atoms with Gasteiger partial charge in [-0.25, -0.2) is 9.18 Å². The Morgan fingerprint density at radius 2 is 1.88 bits per heavy atom. The number of phenols is 1. The zero-order chi connectivity index (χ0) is 22.9. The highest BCUT2D eigenvalue weighted by atomic mass is 19.1. The molecule has 1 heterocycles. The van der Waals surface area contributed by atoms with E-state index in [9.17, 15) is 28.7 Å². The molecule has 166 valence electrons. The summed E-state index contributed by atoms with van der Waals surface area (Å²) in [6.45, 7) is 0.0667. The van der Waals surface area contributed by atoms with Crippen molar-refractivity contribution in [2.24, 2.45) is 5.92 Å². The Kier molecular flexibility index (Phi) is 5.52. The number of hydrogen-bond acceptors (Lipinski definition) is 5. The smallest absolute Gasteiger partial charge is 0.322 e. The van der Waals surface area contributed by atoms with Crippen LogP contribution in [0.2, 0.25) is 0 Å². The van der Waals surface area contributed by atoms with Gasteiger partial charge in [0.2, 0.25) is 5.91 Å². The zero-order valence-electron chi connectivity index (χ0n) is 16.9. The molecule has 2 fully saturated rings. The van der Waals surface area contributed by atoms with Gasteiger partial charge >= 0.3 is 6.03 Å². The largest absolute Gasteiger partial charge is 0.505 e. The summed E-state index contributed by atoms with van der Waals surface area (Å²) in [5, 5.41) is 19.6. The van der Waals surface area contributed by atoms with Crippen molar-refractivity contribution in [2.75, 3.05) is 6.54 Å². The molecule has 2 aromatic rings. The summed E-state index contributed by atoms with van der Waals surface area (Å²) in [6, 6.07) is 11.1. The molecule has 9 nitrogen and oxygen atoms in total. The van der Waals surface area contributed by atoms with Crippen molar-refractivity contribution in [3.8, 4) is 5.75 Å². The molecule has 5 N–H and O–H groups in total. The van der Waals surface area contributed by atoms with E-state index in [0.717, 1.165) is 17.7 Å². The fraction of sp³-hybridized carbons (Fsp3) is 0.273. The van der Waals surface area contributed by atoms with Crippen LogP contribution in [0.3, 0.4) is 0 Å². The molecule has 1 spiro atoms. The molecular weight excluding hydrogens is 419 g/mol. The number of rotatable bonds is 6. The standard InChI is InChI=1S/C22H21FN4O5/c23-15-8-13(6-7-17(15)28)19(30)25-16(12-4-2-1-3-5-12)11-24-18(29)14-9-22(10-14)20(31)26-21(32)27-22/h1-8,14,16,28H,9-11H2,(H,24,29)(H,25,30)(H2,26,27,31,32)/t14?,16-,22?/m1/s1. The fourth-order valence-electron chi connectivity index (χ4n) is 3.96. The van der Waals surface area contributed by atoms with E-state index < -0.39 is 46.9 Å². The number of nitrogens with one attached hydrogen (secondary N) is 4. The van der Waals surface area contributed by atoms with E-state index >= 15 is 0 Å². The zero-order valence-corrected chi connectivity index (χ0v) is 16.9.